The summed E-state index contributed by atoms with van der Waals surface area (Å²) < 4.78 is 1.54. The van der Waals surface area contributed by atoms with E-state index in [-0.39, 0.29) is 12.5 Å². The smallest absolute Gasteiger partial charge is 0.323 e. The maximum atomic E-state index is 12.4. The van der Waals surface area contributed by atoms with Crippen molar-refractivity contribution in [3.63, 3.8) is 0 Å². The lowest BCUT2D eigenvalue weighted by Crippen LogP contribution is -2.36. The average molecular weight is 288 g/mol. The van der Waals surface area contributed by atoms with Crippen molar-refractivity contribution in [3.05, 3.63) is 42.4 Å². The topological polar surface area (TPSA) is 88.3 Å². The summed E-state index contributed by atoms with van der Waals surface area (Å²) in [5.74, 6) is -0.842. The van der Waals surface area contributed by atoms with Gasteiger partial charge in [-0.25, -0.2) is 9.67 Å². The molecule has 21 heavy (non-hydrogen) atoms. The van der Waals surface area contributed by atoms with Crippen molar-refractivity contribution in [1.29, 1.82) is 0 Å². The molecule has 0 atom stereocenters. The molecule has 0 aliphatic rings. The Balaban J connectivity index is 2.25. The SMILES string of the molecule is CCCN(CC(=O)O)C(=O)c1ccnc(-n2cccn2)c1. The summed E-state index contributed by atoms with van der Waals surface area (Å²) in [5, 5.41) is 12.9. The molecule has 2 heterocycles. The molecule has 0 aliphatic heterocycles. The number of hydrogen-bond donors (Lipinski definition) is 1. The number of aromatic nitrogens is 3. The number of pyridine rings is 1. The van der Waals surface area contributed by atoms with Crippen LogP contribution in [0.15, 0.2) is 36.8 Å². The maximum absolute atomic E-state index is 12.4. The minimum atomic E-state index is -1.03. The number of carboxylic acids is 1. The molecule has 1 N–H and O–H groups in total. The maximum Gasteiger partial charge on any atom is 0.323 e. The highest BCUT2D eigenvalue weighted by Crippen LogP contribution is 2.09. The van der Waals surface area contributed by atoms with Crippen LogP contribution in [0.3, 0.4) is 0 Å². The largest absolute Gasteiger partial charge is 0.480 e. The van der Waals surface area contributed by atoms with Gasteiger partial charge in [-0.05, 0) is 24.6 Å². The molecule has 1 amide bonds. The summed E-state index contributed by atoms with van der Waals surface area (Å²) in [5.41, 5.74) is 0.394. The summed E-state index contributed by atoms with van der Waals surface area (Å²) in [6.07, 6.45) is 5.53. The molecule has 0 saturated heterocycles. The Labute approximate surface area is 121 Å². The first-order valence-electron chi connectivity index (χ1n) is 6.59. The number of nitrogens with zero attached hydrogens (tertiary/aromatic N) is 4. The van der Waals surface area contributed by atoms with Crippen LogP contribution in [-0.4, -0.2) is 49.7 Å². The van der Waals surface area contributed by atoms with E-state index < -0.39 is 5.97 Å². The second-order valence-electron chi connectivity index (χ2n) is 4.47. The van der Waals surface area contributed by atoms with Gasteiger partial charge in [0.15, 0.2) is 5.82 Å². The zero-order valence-corrected chi connectivity index (χ0v) is 11.6. The molecule has 0 spiro atoms. The van der Waals surface area contributed by atoms with Crippen LogP contribution in [0.4, 0.5) is 0 Å². The van der Waals surface area contributed by atoms with Crippen LogP contribution in [0.25, 0.3) is 5.82 Å². The Hall–Kier alpha value is -2.70. The van der Waals surface area contributed by atoms with Gasteiger partial charge in [0.05, 0.1) is 0 Å². The average Bonchev–Trinajstić information content (AvgIpc) is 3.00. The Kier molecular flexibility index (Phi) is 4.65. The number of hydrogen-bond acceptors (Lipinski definition) is 4. The van der Waals surface area contributed by atoms with Gasteiger partial charge in [0.25, 0.3) is 5.91 Å². The number of carboxylic acid groups (broad SMARTS) is 1. The summed E-state index contributed by atoms with van der Waals surface area (Å²) in [4.78, 5) is 28.7. The Morgan fingerprint density at radius 2 is 2.19 bits per heavy atom. The van der Waals surface area contributed by atoms with Gasteiger partial charge in [0.2, 0.25) is 0 Å². The molecule has 2 aromatic heterocycles. The van der Waals surface area contributed by atoms with Crippen LogP contribution in [-0.2, 0) is 4.79 Å². The second kappa shape index (κ2) is 6.65. The van der Waals surface area contributed by atoms with Gasteiger partial charge in [-0.2, -0.15) is 5.10 Å². The normalized spacial score (nSPS) is 10.3. The third kappa shape index (κ3) is 3.65. The molecular weight excluding hydrogens is 272 g/mol. The van der Waals surface area contributed by atoms with Crippen LogP contribution in [0.2, 0.25) is 0 Å². The Morgan fingerprint density at radius 3 is 2.81 bits per heavy atom. The second-order valence-corrected chi connectivity index (χ2v) is 4.47. The lowest BCUT2D eigenvalue weighted by Gasteiger charge is -2.20. The lowest BCUT2D eigenvalue weighted by molar-refractivity contribution is -0.137. The molecule has 0 aliphatic carbocycles. The Bertz CT molecular complexity index is 625. The number of carbonyl (C=O) groups is 2. The molecule has 0 aromatic carbocycles. The zero-order chi connectivity index (χ0) is 15.2. The predicted molar refractivity (Wildman–Crippen MR) is 75.2 cm³/mol. The first-order valence-corrected chi connectivity index (χ1v) is 6.59. The molecule has 7 heteroatoms. The number of aliphatic carboxylic acids is 1. The molecular formula is C14H16N4O3. The van der Waals surface area contributed by atoms with Gasteiger partial charge in [0.1, 0.15) is 6.54 Å². The van der Waals surface area contributed by atoms with E-state index in [2.05, 4.69) is 10.1 Å². The first kappa shape index (κ1) is 14.7. The molecule has 0 fully saturated rings. The standard InChI is InChI=1S/C14H16N4O3/c1-2-7-17(10-13(19)20)14(21)11-4-6-15-12(9-11)18-8-3-5-16-18/h3-6,8-9H,2,7,10H2,1H3,(H,19,20). The highest BCUT2D eigenvalue weighted by Gasteiger charge is 2.18. The highest BCUT2D eigenvalue weighted by molar-refractivity contribution is 5.96. The van der Waals surface area contributed by atoms with Crippen molar-refractivity contribution in [3.8, 4) is 5.82 Å². The van der Waals surface area contributed by atoms with Crippen LogP contribution >= 0.6 is 0 Å². The third-order valence-corrected chi connectivity index (χ3v) is 2.84. The van der Waals surface area contributed by atoms with E-state index in [9.17, 15) is 9.59 Å². The lowest BCUT2D eigenvalue weighted by atomic mass is 10.2. The first-order chi connectivity index (χ1) is 10.1. The fraction of sp³-hybridized carbons (Fsp3) is 0.286. The summed E-state index contributed by atoms with van der Waals surface area (Å²) >= 11 is 0. The predicted octanol–water partition coefficient (Wildman–Crippen LogP) is 1.20. The highest BCUT2D eigenvalue weighted by atomic mass is 16.4. The van der Waals surface area contributed by atoms with E-state index in [1.807, 2.05) is 6.92 Å². The molecule has 0 unspecified atom stereocenters. The van der Waals surface area contributed by atoms with Crippen molar-refractivity contribution >= 4 is 11.9 Å². The number of rotatable bonds is 6. The summed E-state index contributed by atoms with van der Waals surface area (Å²) in [7, 11) is 0. The van der Waals surface area contributed by atoms with E-state index in [0.29, 0.717) is 24.3 Å². The van der Waals surface area contributed by atoms with Gasteiger partial charge < -0.3 is 10.0 Å². The van der Waals surface area contributed by atoms with E-state index >= 15 is 0 Å². The number of amides is 1. The molecule has 2 rings (SSSR count). The van der Waals surface area contributed by atoms with Gasteiger partial charge in [-0.15, -0.1) is 0 Å². The quantitative estimate of drug-likeness (QED) is 0.863. The Morgan fingerprint density at radius 1 is 1.38 bits per heavy atom. The molecule has 0 radical (unpaired) electrons. The summed E-state index contributed by atoms with van der Waals surface area (Å²) in [6.45, 7) is 1.97. The van der Waals surface area contributed by atoms with Crippen LogP contribution in [0.5, 0.6) is 0 Å². The summed E-state index contributed by atoms with van der Waals surface area (Å²) in [6, 6.07) is 4.92. The van der Waals surface area contributed by atoms with Gasteiger partial charge >= 0.3 is 5.97 Å². The van der Waals surface area contributed by atoms with E-state index in [1.54, 1.807) is 30.6 Å². The van der Waals surface area contributed by atoms with Crippen molar-refractivity contribution in [2.45, 2.75) is 13.3 Å². The molecule has 2 aromatic rings. The fourth-order valence-corrected chi connectivity index (χ4v) is 1.95. The van der Waals surface area contributed by atoms with Crippen molar-refractivity contribution in [1.82, 2.24) is 19.7 Å². The van der Waals surface area contributed by atoms with Crippen LogP contribution < -0.4 is 0 Å². The third-order valence-electron chi connectivity index (χ3n) is 2.84. The van der Waals surface area contributed by atoms with Crippen molar-refractivity contribution < 1.29 is 14.7 Å². The zero-order valence-electron chi connectivity index (χ0n) is 11.6. The fourth-order valence-electron chi connectivity index (χ4n) is 1.95. The van der Waals surface area contributed by atoms with E-state index in [0.717, 1.165) is 0 Å². The van der Waals surface area contributed by atoms with Crippen LogP contribution in [0, 0.1) is 0 Å². The molecule has 110 valence electrons. The molecule has 0 bridgehead atoms. The molecule has 0 saturated carbocycles. The minimum absolute atomic E-state index is 0.313. The van der Waals surface area contributed by atoms with E-state index in [1.165, 1.54) is 15.8 Å². The molecule has 7 nitrogen and oxygen atoms in total. The number of carbonyl (C=O) groups excluding carboxylic acids is 1. The monoisotopic (exact) mass is 288 g/mol. The minimum Gasteiger partial charge on any atom is -0.480 e. The van der Waals surface area contributed by atoms with Crippen molar-refractivity contribution in [2.75, 3.05) is 13.1 Å². The van der Waals surface area contributed by atoms with Gasteiger partial charge in [0, 0.05) is 30.7 Å². The van der Waals surface area contributed by atoms with Gasteiger partial charge in [-0.3, -0.25) is 9.59 Å². The van der Waals surface area contributed by atoms with Crippen LogP contribution in [0.1, 0.15) is 23.7 Å². The van der Waals surface area contributed by atoms with E-state index in [4.69, 9.17) is 5.11 Å². The van der Waals surface area contributed by atoms with Gasteiger partial charge in [-0.1, -0.05) is 6.92 Å². The van der Waals surface area contributed by atoms with Crippen molar-refractivity contribution in [2.24, 2.45) is 0 Å².